The lowest BCUT2D eigenvalue weighted by atomic mass is 10.7. The Labute approximate surface area is 60.9 Å². The molecule has 0 spiro atoms. The van der Waals surface area contributed by atoms with Gasteiger partial charge in [0.2, 0.25) is 0 Å². The summed E-state index contributed by atoms with van der Waals surface area (Å²) in [7, 11) is 0. The molecule has 0 unspecified atom stereocenters. The van der Waals surface area contributed by atoms with Crippen molar-refractivity contribution in [3.63, 3.8) is 0 Å². The van der Waals surface area contributed by atoms with Gasteiger partial charge in [-0.1, -0.05) is 0 Å². The molecule has 0 fully saturated rings. The maximum Gasteiger partial charge on any atom is 0.360 e. The van der Waals surface area contributed by atoms with Crippen molar-refractivity contribution < 1.29 is 0 Å². The van der Waals surface area contributed by atoms with E-state index in [2.05, 4.69) is 20.3 Å². The summed E-state index contributed by atoms with van der Waals surface area (Å²) in [5, 5.41) is 9.94. The van der Waals surface area contributed by atoms with Gasteiger partial charge in [0.05, 0.1) is 6.20 Å². The zero-order chi connectivity index (χ0) is 7.84. The highest BCUT2D eigenvalue weighted by molar-refractivity contribution is 5.30. The predicted molar refractivity (Wildman–Crippen MR) is 36.1 cm³/mol. The molecule has 56 valence electrons. The normalized spacial score (nSPS) is 10.6. The van der Waals surface area contributed by atoms with E-state index in [4.69, 9.17) is 0 Å². The summed E-state index contributed by atoms with van der Waals surface area (Å²) in [6.45, 7) is 1.75. The van der Waals surface area contributed by atoms with Gasteiger partial charge < -0.3 is 0 Å². The molecule has 0 aliphatic rings. The van der Waals surface area contributed by atoms with Crippen LogP contribution >= 0.6 is 0 Å². The van der Waals surface area contributed by atoms with E-state index in [0.29, 0.717) is 11.5 Å². The lowest BCUT2D eigenvalue weighted by molar-refractivity contribution is 0.819. The predicted octanol–water partition coefficient (Wildman–Crippen LogP) is -0.879. The van der Waals surface area contributed by atoms with Gasteiger partial charge in [0.25, 0.3) is 0 Å². The Morgan fingerprint density at radius 2 is 2.36 bits per heavy atom. The average molecular weight is 151 g/mol. The Balaban J connectivity index is 2.98. The summed E-state index contributed by atoms with van der Waals surface area (Å²) in [6.07, 6.45) is 1.37. The molecule has 0 aliphatic heterocycles. The van der Waals surface area contributed by atoms with E-state index in [1.54, 1.807) is 6.92 Å². The Bertz CT molecular complexity index is 441. The van der Waals surface area contributed by atoms with Gasteiger partial charge in [0.1, 0.15) is 5.82 Å². The largest absolute Gasteiger partial charge is 0.360 e. The minimum Gasteiger partial charge on any atom is -0.244 e. The van der Waals surface area contributed by atoms with Crippen LogP contribution < -0.4 is 5.69 Å². The van der Waals surface area contributed by atoms with Crippen molar-refractivity contribution in [2.75, 3.05) is 0 Å². The smallest absolute Gasteiger partial charge is 0.244 e. The van der Waals surface area contributed by atoms with E-state index in [-0.39, 0.29) is 0 Å². The van der Waals surface area contributed by atoms with Gasteiger partial charge in [0, 0.05) is 0 Å². The molecule has 1 N–H and O–H groups in total. The van der Waals surface area contributed by atoms with Gasteiger partial charge in [0.15, 0.2) is 5.65 Å². The molecule has 0 amide bonds. The number of nitrogens with one attached hydrogen (secondary N) is 1. The van der Waals surface area contributed by atoms with E-state index >= 15 is 0 Å². The fourth-order valence-corrected chi connectivity index (χ4v) is 0.841. The van der Waals surface area contributed by atoms with Gasteiger partial charge >= 0.3 is 5.69 Å². The maximum atomic E-state index is 10.7. The lowest BCUT2D eigenvalue weighted by Crippen LogP contribution is -2.14. The topological polar surface area (TPSA) is 75.9 Å². The van der Waals surface area contributed by atoms with E-state index in [0.717, 1.165) is 0 Å². The van der Waals surface area contributed by atoms with Crippen molar-refractivity contribution in [2.24, 2.45) is 0 Å². The number of aryl methyl sites for hydroxylation is 1. The van der Waals surface area contributed by atoms with Crippen LogP contribution in [0.3, 0.4) is 0 Å². The quantitative estimate of drug-likeness (QED) is 0.530. The second-order valence-electron chi connectivity index (χ2n) is 2.12. The Hall–Kier alpha value is -1.72. The van der Waals surface area contributed by atoms with Crippen molar-refractivity contribution in [1.82, 2.24) is 24.8 Å². The van der Waals surface area contributed by atoms with Crippen molar-refractivity contribution in [1.29, 1.82) is 0 Å². The summed E-state index contributed by atoms with van der Waals surface area (Å²) in [4.78, 5) is 14.2. The molecule has 2 heterocycles. The molecule has 0 bridgehead atoms. The molecule has 6 heteroatoms. The first-order chi connectivity index (χ1) is 5.27. The van der Waals surface area contributed by atoms with Gasteiger partial charge in [-0.05, 0) is 6.92 Å². The molecular weight excluding hydrogens is 146 g/mol. The third kappa shape index (κ3) is 0.794. The first-order valence-electron chi connectivity index (χ1n) is 3.04. The molecule has 0 saturated heterocycles. The Morgan fingerprint density at radius 1 is 1.55 bits per heavy atom. The van der Waals surface area contributed by atoms with Gasteiger partial charge in [-0.3, -0.25) is 0 Å². The van der Waals surface area contributed by atoms with Gasteiger partial charge in [-0.2, -0.15) is 4.98 Å². The molecule has 6 nitrogen and oxygen atoms in total. The SMILES string of the molecule is Cc1nnc2cnc(=O)[nH]n12. The lowest BCUT2D eigenvalue weighted by Gasteiger charge is -1.89. The highest BCUT2D eigenvalue weighted by atomic mass is 16.1. The number of nitrogens with zero attached hydrogens (tertiary/aromatic N) is 4. The third-order valence-corrected chi connectivity index (χ3v) is 1.35. The van der Waals surface area contributed by atoms with Crippen LogP contribution in [0.1, 0.15) is 5.82 Å². The Kier molecular flexibility index (Phi) is 1.03. The third-order valence-electron chi connectivity index (χ3n) is 1.35. The number of aromatic amines is 1. The van der Waals surface area contributed by atoms with Crippen LogP contribution in [0.15, 0.2) is 11.0 Å². The fourth-order valence-electron chi connectivity index (χ4n) is 0.841. The van der Waals surface area contributed by atoms with E-state index in [1.807, 2.05) is 0 Å². The van der Waals surface area contributed by atoms with Crippen molar-refractivity contribution in [2.45, 2.75) is 6.92 Å². The van der Waals surface area contributed by atoms with Crippen LogP contribution in [0.5, 0.6) is 0 Å². The molecule has 0 aliphatic carbocycles. The summed E-state index contributed by atoms with van der Waals surface area (Å²) in [6, 6.07) is 0. The van der Waals surface area contributed by atoms with Crippen molar-refractivity contribution in [3.05, 3.63) is 22.5 Å². The number of hydrogen-bond acceptors (Lipinski definition) is 4. The number of rotatable bonds is 0. The van der Waals surface area contributed by atoms with E-state index < -0.39 is 5.69 Å². The van der Waals surface area contributed by atoms with Crippen LogP contribution in [0.25, 0.3) is 5.65 Å². The molecule has 0 atom stereocenters. The second-order valence-corrected chi connectivity index (χ2v) is 2.12. The van der Waals surface area contributed by atoms with Crippen LogP contribution in [-0.4, -0.2) is 24.8 Å². The molecule has 0 aromatic carbocycles. The van der Waals surface area contributed by atoms with Crippen molar-refractivity contribution in [3.8, 4) is 0 Å². The zero-order valence-electron chi connectivity index (χ0n) is 5.77. The monoisotopic (exact) mass is 151 g/mol. The number of H-pyrrole nitrogens is 1. The standard InChI is InChI=1S/C5H5N5O/c1-3-7-8-4-2-6-5(11)9-10(3)4/h2H,1H3,(H,9,11). The van der Waals surface area contributed by atoms with Crippen LogP contribution in [-0.2, 0) is 0 Å². The minimum atomic E-state index is -0.402. The second kappa shape index (κ2) is 1.88. The first kappa shape index (κ1) is 6.02. The maximum absolute atomic E-state index is 10.7. The van der Waals surface area contributed by atoms with Gasteiger partial charge in [-0.25, -0.2) is 14.4 Å². The molecule has 0 radical (unpaired) electrons. The van der Waals surface area contributed by atoms with Crippen LogP contribution in [0.2, 0.25) is 0 Å². The highest BCUT2D eigenvalue weighted by Crippen LogP contribution is 1.93. The van der Waals surface area contributed by atoms with Crippen molar-refractivity contribution >= 4 is 5.65 Å². The molecule has 2 aromatic rings. The average Bonchev–Trinajstić information content (AvgIpc) is 2.33. The molecule has 2 aromatic heterocycles. The van der Waals surface area contributed by atoms with Crippen LogP contribution in [0.4, 0.5) is 0 Å². The summed E-state index contributed by atoms with van der Waals surface area (Å²) in [5.41, 5.74) is 0.141. The van der Waals surface area contributed by atoms with E-state index in [1.165, 1.54) is 10.7 Å². The Morgan fingerprint density at radius 3 is 3.18 bits per heavy atom. The highest BCUT2D eigenvalue weighted by Gasteiger charge is 1.99. The summed E-state index contributed by atoms with van der Waals surface area (Å²) in [5.74, 6) is 0.638. The zero-order valence-corrected chi connectivity index (χ0v) is 5.77. The number of hydrogen-bond donors (Lipinski definition) is 1. The molecular formula is C5H5N5O. The van der Waals surface area contributed by atoms with Crippen LogP contribution in [0, 0.1) is 6.92 Å². The minimum absolute atomic E-state index is 0.402. The van der Waals surface area contributed by atoms with Gasteiger partial charge in [-0.15, -0.1) is 10.2 Å². The first-order valence-corrected chi connectivity index (χ1v) is 3.04. The molecule has 11 heavy (non-hydrogen) atoms. The fraction of sp³-hybridized carbons (Fsp3) is 0.200. The molecule has 2 rings (SSSR count). The number of aromatic nitrogens is 5. The summed E-state index contributed by atoms with van der Waals surface area (Å²) >= 11 is 0. The molecule has 0 saturated carbocycles. The number of fused-ring (bicyclic) bond motifs is 1. The summed E-state index contributed by atoms with van der Waals surface area (Å²) < 4.78 is 1.48. The van der Waals surface area contributed by atoms with E-state index in [9.17, 15) is 4.79 Å².